The molecule has 0 spiro atoms. The second-order valence-corrected chi connectivity index (χ2v) is 9.67. The van der Waals surface area contributed by atoms with Crippen LogP contribution in [0, 0.1) is 6.92 Å². The van der Waals surface area contributed by atoms with Crippen molar-refractivity contribution in [3.05, 3.63) is 57.1 Å². The molecule has 3 aromatic rings. The van der Waals surface area contributed by atoms with Gasteiger partial charge in [-0.25, -0.2) is 14.4 Å². The fraction of sp³-hybridized carbons (Fsp3) is 0.370. The molecule has 1 N–H and O–H groups in total. The quantitative estimate of drug-likeness (QED) is 0.337. The summed E-state index contributed by atoms with van der Waals surface area (Å²) in [6.45, 7) is 7.11. The molecule has 0 radical (unpaired) electrons. The van der Waals surface area contributed by atoms with Crippen molar-refractivity contribution in [2.24, 2.45) is 0 Å². The first-order valence-electron chi connectivity index (χ1n) is 12.3. The van der Waals surface area contributed by atoms with Gasteiger partial charge < -0.3 is 19.5 Å². The molecule has 0 aliphatic carbocycles. The zero-order valence-electron chi connectivity index (χ0n) is 21.7. The van der Waals surface area contributed by atoms with Crippen molar-refractivity contribution in [1.82, 2.24) is 9.88 Å². The van der Waals surface area contributed by atoms with Crippen LogP contribution >= 0.6 is 11.3 Å². The highest BCUT2D eigenvalue weighted by Gasteiger charge is 2.29. The van der Waals surface area contributed by atoms with Crippen molar-refractivity contribution in [3.8, 4) is 0 Å². The zero-order valence-corrected chi connectivity index (χ0v) is 22.5. The number of nitrogens with zero attached hydrogens (tertiary/aromatic N) is 2. The number of nitrogens with one attached hydrogen (secondary N) is 1. The number of hydrogen-bond acceptors (Lipinski definition) is 10. The van der Waals surface area contributed by atoms with Crippen LogP contribution in [0.2, 0.25) is 0 Å². The van der Waals surface area contributed by atoms with Gasteiger partial charge in [0.25, 0.3) is 5.91 Å². The second kappa shape index (κ2) is 11.7. The molecule has 1 aliphatic heterocycles. The average molecular weight is 540 g/mol. The van der Waals surface area contributed by atoms with Crippen molar-refractivity contribution in [3.63, 3.8) is 0 Å². The fourth-order valence-corrected chi connectivity index (χ4v) is 5.56. The summed E-state index contributed by atoms with van der Waals surface area (Å²) < 4.78 is 15.3. The van der Waals surface area contributed by atoms with Crippen LogP contribution in [0.1, 0.15) is 61.1 Å². The first-order valence-corrected chi connectivity index (χ1v) is 13.1. The third-order valence-electron chi connectivity index (χ3n) is 6.36. The Hall–Kier alpha value is -3.83. The zero-order chi connectivity index (χ0) is 27.4. The molecule has 1 amide bonds. The number of thiophene rings is 1. The summed E-state index contributed by atoms with van der Waals surface area (Å²) in [7, 11) is 1.20. The summed E-state index contributed by atoms with van der Waals surface area (Å²) in [6.07, 6.45) is 0.714. The number of rotatable bonds is 8. The molecule has 0 saturated carbocycles. The molecule has 10 nitrogen and oxygen atoms in total. The molecular weight excluding hydrogens is 510 g/mol. The van der Waals surface area contributed by atoms with E-state index in [4.69, 9.17) is 19.2 Å². The van der Waals surface area contributed by atoms with E-state index in [0.29, 0.717) is 35.0 Å². The maximum atomic E-state index is 13.3. The van der Waals surface area contributed by atoms with Crippen LogP contribution in [0.3, 0.4) is 0 Å². The van der Waals surface area contributed by atoms with Crippen molar-refractivity contribution >= 4 is 51.1 Å². The highest BCUT2D eigenvalue weighted by atomic mass is 32.1. The van der Waals surface area contributed by atoms with Gasteiger partial charge in [0.1, 0.15) is 9.88 Å². The topological polar surface area (TPSA) is 124 Å². The number of amides is 1. The molecule has 0 saturated heterocycles. The molecule has 0 bridgehead atoms. The van der Waals surface area contributed by atoms with Crippen LogP contribution in [0.15, 0.2) is 24.3 Å². The standard InChI is InChI=1S/C27H29N3O7S/c1-5-30-12-11-19-17(13-30)22(16-9-7-8-10-18(16)28-19)26(33)37-14-20(31)29-24-21(25(32)35-4)15(3)23(38-24)27(34)36-6-2/h7-10H,5-6,11-14H2,1-4H3,(H,29,31). The lowest BCUT2D eigenvalue weighted by Gasteiger charge is -2.28. The molecule has 0 unspecified atom stereocenters. The highest BCUT2D eigenvalue weighted by Crippen LogP contribution is 2.34. The van der Waals surface area contributed by atoms with Gasteiger partial charge in [-0.3, -0.25) is 14.7 Å². The minimum atomic E-state index is -0.711. The number of hydrogen-bond donors (Lipinski definition) is 1. The summed E-state index contributed by atoms with van der Waals surface area (Å²) in [5, 5.41) is 3.36. The molecule has 2 aromatic heterocycles. The summed E-state index contributed by atoms with van der Waals surface area (Å²) in [6, 6.07) is 7.35. The smallest absolute Gasteiger partial charge is 0.348 e. The van der Waals surface area contributed by atoms with Crippen LogP contribution in [-0.4, -0.2) is 67.1 Å². The van der Waals surface area contributed by atoms with E-state index in [1.807, 2.05) is 24.3 Å². The predicted molar refractivity (Wildman–Crippen MR) is 142 cm³/mol. The summed E-state index contributed by atoms with van der Waals surface area (Å²) in [5.41, 5.74) is 3.15. The van der Waals surface area contributed by atoms with E-state index in [1.54, 1.807) is 13.8 Å². The Balaban J connectivity index is 1.57. The van der Waals surface area contributed by atoms with Gasteiger partial charge in [-0.15, -0.1) is 11.3 Å². The lowest BCUT2D eigenvalue weighted by atomic mass is 9.96. The van der Waals surface area contributed by atoms with Gasteiger partial charge >= 0.3 is 17.9 Å². The third kappa shape index (κ3) is 5.39. The van der Waals surface area contributed by atoms with Crippen molar-refractivity contribution in [1.29, 1.82) is 0 Å². The summed E-state index contributed by atoms with van der Waals surface area (Å²) >= 11 is 0.898. The van der Waals surface area contributed by atoms with Crippen LogP contribution in [0.4, 0.5) is 5.00 Å². The highest BCUT2D eigenvalue weighted by molar-refractivity contribution is 7.18. The number of benzene rings is 1. The molecule has 0 atom stereocenters. The number of pyridine rings is 1. The molecule has 200 valence electrons. The molecule has 11 heteroatoms. The van der Waals surface area contributed by atoms with E-state index in [0.717, 1.165) is 35.7 Å². The number of para-hydroxylation sites is 1. The molecule has 1 aromatic carbocycles. The van der Waals surface area contributed by atoms with E-state index < -0.39 is 30.4 Å². The number of aromatic nitrogens is 1. The van der Waals surface area contributed by atoms with Gasteiger partial charge in [-0.2, -0.15) is 0 Å². The van der Waals surface area contributed by atoms with Crippen LogP contribution in [0.5, 0.6) is 0 Å². The Labute approximate surface area is 223 Å². The monoisotopic (exact) mass is 539 g/mol. The number of fused-ring (bicyclic) bond motifs is 2. The maximum Gasteiger partial charge on any atom is 0.348 e. The molecule has 3 heterocycles. The Morgan fingerprint density at radius 3 is 2.53 bits per heavy atom. The van der Waals surface area contributed by atoms with Crippen molar-refractivity contribution in [2.45, 2.75) is 33.7 Å². The lowest BCUT2D eigenvalue weighted by molar-refractivity contribution is -0.119. The number of likely N-dealkylation sites (N-methyl/N-ethyl adjacent to an activating group) is 1. The van der Waals surface area contributed by atoms with Crippen molar-refractivity contribution in [2.75, 3.05) is 38.7 Å². The van der Waals surface area contributed by atoms with Gasteiger partial charge in [-0.05, 0) is 32.0 Å². The van der Waals surface area contributed by atoms with Gasteiger partial charge in [0.05, 0.1) is 30.4 Å². The molecule has 4 rings (SSSR count). The van der Waals surface area contributed by atoms with Crippen LogP contribution < -0.4 is 5.32 Å². The second-order valence-electron chi connectivity index (χ2n) is 8.64. The van der Waals surface area contributed by atoms with E-state index in [1.165, 1.54) is 7.11 Å². The predicted octanol–water partition coefficient (Wildman–Crippen LogP) is 3.74. The number of carbonyl (C=O) groups is 4. The van der Waals surface area contributed by atoms with Gasteiger partial charge in [0.2, 0.25) is 0 Å². The lowest BCUT2D eigenvalue weighted by Crippen LogP contribution is -2.32. The SMILES string of the molecule is CCOC(=O)c1sc(NC(=O)COC(=O)c2c3c(nc4ccccc24)CCN(CC)C3)c(C(=O)OC)c1C. The Kier molecular flexibility index (Phi) is 8.38. The third-order valence-corrected chi connectivity index (χ3v) is 7.55. The van der Waals surface area contributed by atoms with E-state index >= 15 is 0 Å². The van der Waals surface area contributed by atoms with Gasteiger partial charge in [0, 0.05) is 36.2 Å². The van der Waals surface area contributed by atoms with Gasteiger partial charge in [-0.1, -0.05) is 25.1 Å². The average Bonchev–Trinajstić information content (AvgIpc) is 3.24. The van der Waals surface area contributed by atoms with Crippen molar-refractivity contribution < 1.29 is 33.4 Å². The van der Waals surface area contributed by atoms with Crippen LogP contribution in [-0.2, 0) is 32.0 Å². The Bertz CT molecular complexity index is 1420. The summed E-state index contributed by atoms with van der Waals surface area (Å²) in [4.78, 5) is 58.0. The largest absolute Gasteiger partial charge is 0.465 e. The minimum absolute atomic E-state index is 0.0501. The number of ether oxygens (including phenoxy) is 3. The van der Waals surface area contributed by atoms with E-state index in [-0.39, 0.29) is 22.0 Å². The maximum absolute atomic E-state index is 13.3. The number of methoxy groups -OCH3 is 1. The molecular formula is C27H29N3O7S. The normalized spacial score (nSPS) is 13.1. The Morgan fingerprint density at radius 1 is 1.05 bits per heavy atom. The number of carbonyl (C=O) groups excluding carboxylic acids is 4. The number of anilines is 1. The first kappa shape index (κ1) is 27.2. The molecule has 38 heavy (non-hydrogen) atoms. The Morgan fingerprint density at radius 2 is 1.82 bits per heavy atom. The first-order chi connectivity index (χ1) is 18.3. The number of esters is 3. The van der Waals surface area contributed by atoms with E-state index in [9.17, 15) is 19.2 Å². The van der Waals surface area contributed by atoms with E-state index in [2.05, 4.69) is 17.1 Å². The fourth-order valence-electron chi connectivity index (χ4n) is 4.46. The molecule has 0 fully saturated rings. The van der Waals surface area contributed by atoms with Crippen LogP contribution in [0.25, 0.3) is 10.9 Å². The van der Waals surface area contributed by atoms with Gasteiger partial charge in [0.15, 0.2) is 6.61 Å². The minimum Gasteiger partial charge on any atom is -0.465 e. The molecule has 1 aliphatic rings. The summed E-state index contributed by atoms with van der Waals surface area (Å²) in [5.74, 6) is -2.61.